The highest BCUT2D eigenvalue weighted by Gasteiger charge is 2.29. The Labute approximate surface area is 144 Å². The minimum atomic E-state index is 0.0731. The molecule has 0 bridgehead atoms. The van der Waals surface area contributed by atoms with E-state index in [-0.39, 0.29) is 11.6 Å². The van der Waals surface area contributed by atoms with Crippen LogP contribution in [0.5, 0.6) is 5.75 Å². The summed E-state index contributed by atoms with van der Waals surface area (Å²) in [5.74, 6) is 1.28. The summed E-state index contributed by atoms with van der Waals surface area (Å²) in [5, 5.41) is 0. The number of Topliss-reactive ketones (excluding diaryl/α,β-unsaturated/α-hetero) is 1. The number of hydrogen-bond acceptors (Lipinski definition) is 2. The molecule has 1 radical (unpaired) electrons. The summed E-state index contributed by atoms with van der Waals surface area (Å²) < 4.78 is 7.06. The largest absolute Gasteiger partial charge is 0.488 e. The number of carbonyl (C=O) groups is 1. The van der Waals surface area contributed by atoms with Crippen molar-refractivity contribution in [1.82, 2.24) is 0 Å². The minimum absolute atomic E-state index is 0.0731. The zero-order chi connectivity index (χ0) is 15.3. The van der Waals surface area contributed by atoms with E-state index in [9.17, 15) is 4.79 Å². The van der Waals surface area contributed by atoms with Crippen LogP contribution in [0.15, 0.2) is 30.3 Å². The fourth-order valence-corrected chi connectivity index (χ4v) is 3.91. The van der Waals surface area contributed by atoms with Crippen LogP contribution in [-0.2, 0) is 13.0 Å². The highest BCUT2D eigenvalue weighted by atomic mass is 127. The SMILES string of the molecule is C[B]C1CCc2cc3c(cc2C1=O)COc1cc(I)ccc1-3. The summed E-state index contributed by atoms with van der Waals surface area (Å²) >= 11 is 2.30. The lowest BCUT2D eigenvalue weighted by Gasteiger charge is -2.27. The van der Waals surface area contributed by atoms with Gasteiger partial charge >= 0.3 is 0 Å². The molecule has 0 aromatic heterocycles. The maximum absolute atomic E-state index is 12.6. The Balaban J connectivity index is 1.86. The highest BCUT2D eigenvalue weighted by Crippen LogP contribution is 2.41. The van der Waals surface area contributed by atoms with Crippen molar-refractivity contribution in [2.24, 2.45) is 0 Å². The molecule has 2 aromatic carbocycles. The number of aryl methyl sites for hydroxylation is 1. The summed E-state index contributed by atoms with van der Waals surface area (Å²) in [6, 6.07) is 10.6. The second kappa shape index (κ2) is 5.41. The standard InChI is InChI=1S/C18H15BIO2/c1-19-16-5-2-10-6-14-11(7-15(10)18(16)21)9-22-17-8-12(20)3-4-13(14)17/h3-4,6-8,16H,2,5,9H2,1H3. The number of rotatable bonds is 1. The van der Waals surface area contributed by atoms with Gasteiger partial charge in [0.25, 0.3) is 0 Å². The Morgan fingerprint density at radius 2 is 1.95 bits per heavy atom. The summed E-state index contributed by atoms with van der Waals surface area (Å²) in [6.45, 7) is 2.52. The van der Waals surface area contributed by atoms with Gasteiger partial charge < -0.3 is 4.74 Å². The van der Waals surface area contributed by atoms with Gasteiger partial charge in [-0.15, -0.1) is 0 Å². The van der Waals surface area contributed by atoms with Crippen LogP contribution in [0.4, 0.5) is 0 Å². The van der Waals surface area contributed by atoms with Crippen molar-refractivity contribution in [3.05, 3.63) is 50.6 Å². The van der Waals surface area contributed by atoms with Crippen molar-refractivity contribution in [1.29, 1.82) is 0 Å². The lowest BCUT2D eigenvalue weighted by molar-refractivity contribution is 0.0972. The van der Waals surface area contributed by atoms with Crippen LogP contribution >= 0.6 is 22.6 Å². The molecular weight excluding hydrogens is 386 g/mol. The Morgan fingerprint density at radius 1 is 1.14 bits per heavy atom. The van der Waals surface area contributed by atoms with Crippen LogP contribution in [0, 0.1) is 3.57 Å². The summed E-state index contributed by atoms with van der Waals surface area (Å²) in [4.78, 5) is 12.6. The molecule has 0 spiro atoms. The predicted molar refractivity (Wildman–Crippen MR) is 96.9 cm³/mol. The monoisotopic (exact) mass is 401 g/mol. The third kappa shape index (κ3) is 2.19. The van der Waals surface area contributed by atoms with Gasteiger partial charge in [0, 0.05) is 14.7 Å². The molecule has 0 amide bonds. The van der Waals surface area contributed by atoms with Crippen LogP contribution in [-0.4, -0.2) is 13.1 Å². The van der Waals surface area contributed by atoms with E-state index in [4.69, 9.17) is 4.74 Å². The van der Waals surface area contributed by atoms with Crippen LogP contribution in [0.1, 0.15) is 27.9 Å². The van der Waals surface area contributed by atoms with E-state index >= 15 is 0 Å². The maximum atomic E-state index is 12.6. The first kappa shape index (κ1) is 14.3. The first-order chi connectivity index (χ1) is 10.7. The van der Waals surface area contributed by atoms with E-state index in [2.05, 4.69) is 52.9 Å². The molecule has 2 aromatic rings. The molecule has 4 heteroatoms. The molecule has 1 atom stereocenters. The average molecular weight is 401 g/mol. The average Bonchev–Trinajstić information content (AvgIpc) is 2.53. The molecule has 0 saturated heterocycles. The summed E-state index contributed by atoms with van der Waals surface area (Å²) in [7, 11) is 2.03. The van der Waals surface area contributed by atoms with Gasteiger partial charge in [0.15, 0.2) is 5.78 Å². The van der Waals surface area contributed by atoms with Crippen LogP contribution in [0.25, 0.3) is 11.1 Å². The van der Waals surface area contributed by atoms with E-state index in [0.717, 1.165) is 35.3 Å². The first-order valence-electron chi connectivity index (χ1n) is 7.59. The number of ketones is 1. The van der Waals surface area contributed by atoms with Gasteiger partial charge in [-0.2, -0.15) is 0 Å². The fraction of sp³-hybridized carbons (Fsp3) is 0.278. The van der Waals surface area contributed by atoms with Crippen LogP contribution in [0.2, 0.25) is 12.6 Å². The molecule has 1 heterocycles. The third-order valence-corrected chi connectivity index (χ3v) is 5.35. The fourth-order valence-electron chi connectivity index (χ4n) is 3.45. The summed E-state index contributed by atoms with van der Waals surface area (Å²) in [5.41, 5.74) is 5.57. The van der Waals surface area contributed by atoms with E-state index in [1.54, 1.807) is 0 Å². The van der Waals surface area contributed by atoms with Gasteiger partial charge in [-0.25, -0.2) is 0 Å². The molecule has 22 heavy (non-hydrogen) atoms. The van der Waals surface area contributed by atoms with Gasteiger partial charge in [-0.05, 0) is 88.3 Å². The second-order valence-electron chi connectivity index (χ2n) is 5.94. The third-order valence-electron chi connectivity index (χ3n) is 4.68. The molecule has 2 aliphatic rings. The van der Waals surface area contributed by atoms with E-state index in [1.165, 1.54) is 14.7 Å². The molecule has 1 aliphatic carbocycles. The molecule has 0 fully saturated rings. The molecule has 4 rings (SSSR count). The van der Waals surface area contributed by atoms with Crippen LogP contribution in [0.3, 0.4) is 0 Å². The van der Waals surface area contributed by atoms with Gasteiger partial charge in [0.05, 0.1) is 0 Å². The van der Waals surface area contributed by atoms with Crippen molar-refractivity contribution in [3.63, 3.8) is 0 Å². The number of ether oxygens (including phenoxy) is 1. The van der Waals surface area contributed by atoms with E-state index < -0.39 is 0 Å². The Kier molecular flexibility index (Phi) is 3.52. The van der Waals surface area contributed by atoms with Crippen molar-refractivity contribution < 1.29 is 9.53 Å². The molecule has 0 saturated carbocycles. The van der Waals surface area contributed by atoms with Crippen molar-refractivity contribution in [2.75, 3.05) is 0 Å². The number of benzene rings is 2. The zero-order valence-electron chi connectivity index (χ0n) is 12.4. The predicted octanol–water partition coefficient (Wildman–Crippen LogP) is 4.52. The quantitative estimate of drug-likeness (QED) is 0.519. The number of halogens is 1. The second-order valence-corrected chi connectivity index (χ2v) is 7.18. The Morgan fingerprint density at radius 3 is 2.77 bits per heavy atom. The minimum Gasteiger partial charge on any atom is -0.488 e. The highest BCUT2D eigenvalue weighted by molar-refractivity contribution is 14.1. The smallest absolute Gasteiger partial charge is 0.158 e. The van der Waals surface area contributed by atoms with E-state index in [1.807, 2.05) is 14.1 Å². The normalized spacial score (nSPS) is 18.8. The van der Waals surface area contributed by atoms with Gasteiger partial charge in [0.2, 0.25) is 0 Å². The molecule has 0 N–H and O–H groups in total. The maximum Gasteiger partial charge on any atom is 0.158 e. The first-order valence-corrected chi connectivity index (χ1v) is 8.67. The van der Waals surface area contributed by atoms with E-state index in [0.29, 0.717) is 6.61 Å². The van der Waals surface area contributed by atoms with Crippen molar-refractivity contribution in [3.8, 4) is 16.9 Å². The molecule has 1 unspecified atom stereocenters. The topological polar surface area (TPSA) is 26.3 Å². The van der Waals surface area contributed by atoms with Crippen molar-refractivity contribution >= 4 is 35.7 Å². The molecular formula is C18H15BIO2. The van der Waals surface area contributed by atoms with Gasteiger partial charge in [0.1, 0.15) is 19.6 Å². The number of carbonyl (C=O) groups excluding carboxylic acids is 1. The lowest BCUT2D eigenvalue weighted by Crippen LogP contribution is -2.22. The van der Waals surface area contributed by atoms with Gasteiger partial charge in [-0.3, -0.25) is 4.79 Å². The number of fused-ring (bicyclic) bond motifs is 4. The van der Waals surface area contributed by atoms with Crippen LogP contribution < -0.4 is 4.74 Å². The molecule has 2 nitrogen and oxygen atoms in total. The lowest BCUT2D eigenvalue weighted by atomic mass is 9.59. The van der Waals surface area contributed by atoms with Gasteiger partial charge in [-0.1, -0.05) is 6.82 Å². The zero-order valence-corrected chi connectivity index (χ0v) is 14.5. The molecule has 109 valence electrons. The molecule has 1 aliphatic heterocycles. The van der Waals surface area contributed by atoms with Crippen molar-refractivity contribution in [2.45, 2.75) is 32.1 Å². The number of hydrogen-bond donors (Lipinski definition) is 0. The Hall–Kier alpha value is -1.30. The summed E-state index contributed by atoms with van der Waals surface area (Å²) in [6.07, 6.45) is 1.90. The Bertz CT molecular complexity index is 785.